The van der Waals surface area contributed by atoms with Crippen molar-refractivity contribution >= 4 is 17.9 Å². The molecule has 0 amide bonds. The normalized spacial score (nSPS) is 12.1. The number of rotatable bonds is 55. The zero-order valence-electron chi connectivity index (χ0n) is 45.2. The fraction of sp³-hybridized carbons (Fsp3) is 0.885. The van der Waals surface area contributed by atoms with Crippen LogP contribution in [0.15, 0.2) is 24.3 Å². The molecule has 0 aromatic rings. The van der Waals surface area contributed by atoms with Crippen molar-refractivity contribution in [2.24, 2.45) is 0 Å². The highest BCUT2D eigenvalue weighted by Crippen LogP contribution is 2.17. The van der Waals surface area contributed by atoms with Crippen LogP contribution < -0.4 is 0 Å². The van der Waals surface area contributed by atoms with Gasteiger partial charge in [0, 0.05) is 19.3 Å². The van der Waals surface area contributed by atoms with Crippen LogP contribution in [0.2, 0.25) is 0 Å². The van der Waals surface area contributed by atoms with Crippen molar-refractivity contribution in [1.82, 2.24) is 0 Å². The largest absolute Gasteiger partial charge is 0.462 e. The van der Waals surface area contributed by atoms with Crippen LogP contribution in [0, 0.1) is 0 Å². The molecule has 0 aromatic carbocycles. The van der Waals surface area contributed by atoms with E-state index in [2.05, 4.69) is 45.1 Å². The van der Waals surface area contributed by atoms with Gasteiger partial charge in [0.05, 0.1) is 0 Å². The summed E-state index contributed by atoms with van der Waals surface area (Å²) < 4.78 is 16.9. The summed E-state index contributed by atoms with van der Waals surface area (Å²) >= 11 is 0. The molecule has 0 aliphatic carbocycles. The molecule has 0 aliphatic rings. The fourth-order valence-corrected chi connectivity index (χ4v) is 8.95. The van der Waals surface area contributed by atoms with Crippen molar-refractivity contribution in [3.63, 3.8) is 0 Å². The predicted molar refractivity (Wildman–Crippen MR) is 289 cm³/mol. The van der Waals surface area contributed by atoms with Crippen molar-refractivity contribution < 1.29 is 28.6 Å². The van der Waals surface area contributed by atoms with Crippen molar-refractivity contribution in [2.45, 2.75) is 335 Å². The van der Waals surface area contributed by atoms with Crippen LogP contribution in [0.25, 0.3) is 0 Å². The molecular formula is C61H114O6. The number of carbonyl (C=O) groups excluding carboxylic acids is 3. The molecule has 1 unspecified atom stereocenters. The van der Waals surface area contributed by atoms with Crippen molar-refractivity contribution in [3.8, 4) is 0 Å². The molecule has 0 aromatic heterocycles. The van der Waals surface area contributed by atoms with Crippen LogP contribution in [-0.4, -0.2) is 37.2 Å². The number of carbonyl (C=O) groups is 3. The molecule has 0 radical (unpaired) electrons. The Morgan fingerprint density at radius 3 is 0.851 bits per heavy atom. The van der Waals surface area contributed by atoms with Crippen LogP contribution in [-0.2, 0) is 28.6 Å². The highest BCUT2D eigenvalue weighted by Gasteiger charge is 2.19. The molecule has 0 spiro atoms. The quantitative estimate of drug-likeness (QED) is 0.0262. The third kappa shape index (κ3) is 54.7. The SMILES string of the molecule is CCCCC/C=C\C/C=C\CCCCCCCCCC(=O)OC(COC(=O)CCCCCCCCCCCCCCCC)COC(=O)CCCCCCCCCCCCCCCCCCCC. The van der Waals surface area contributed by atoms with E-state index in [1.165, 1.54) is 218 Å². The Hall–Kier alpha value is -2.11. The van der Waals surface area contributed by atoms with E-state index in [1.54, 1.807) is 0 Å². The first-order valence-corrected chi connectivity index (χ1v) is 29.8. The molecule has 0 heterocycles. The third-order valence-electron chi connectivity index (χ3n) is 13.5. The van der Waals surface area contributed by atoms with E-state index < -0.39 is 6.10 Å². The van der Waals surface area contributed by atoms with E-state index >= 15 is 0 Å². The second-order valence-corrected chi connectivity index (χ2v) is 20.3. The summed E-state index contributed by atoms with van der Waals surface area (Å²) in [6.07, 6.45) is 65.9. The van der Waals surface area contributed by atoms with Crippen molar-refractivity contribution in [3.05, 3.63) is 24.3 Å². The molecule has 6 heteroatoms. The molecule has 0 saturated heterocycles. The minimum Gasteiger partial charge on any atom is -0.462 e. The Bertz CT molecular complexity index is 1080. The smallest absolute Gasteiger partial charge is 0.306 e. The van der Waals surface area contributed by atoms with Gasteiger partial charge in [-0.3, -0.25) is 14.4 Å². The highest BCUT2D eigenvalue weighted by atomic mass is 16.6. The van der Waals surface area contributed by atoms with Gasteiger partial charge in [0.2, 0.25) is 0 Å². The van der Waals surface area contributed by atoms with Crippen LogP contribution in [0.1, 0.15) is 329 Å². The average molecular weight is 944 g/mol. The molecule has 67 heavy (non-hydrogen) atoms. The lowest BCUT2D eigenvalue weighted by Crippen LogP contribution is -2.30. The maximum absolute atomic E-state index is 12.9. The lowest BCUT2D eigenvalue weighted by Gasteiger charge is -2.18. The number of allylic oxidation sites excluding steroid dienone is 4. The maximum atomic E-state index is 12.9. The Labute approximate surface area is 417 Å². The monoisotopic (exact) mass is 943 g/mol. The second kappa shape index (κ2) is 56.5. The molecule has 1 atom stereocenters. The molecule has 0 saturated carbocycles. The third-order valence-corrected chi connectivity index (χ3v) is 13.5. The lowest BCUT2D eigenvalue weighted by atomic mass is 10.0. The Kier molecular flexibility index (Phi) is 54.7. The summed E-state index contributed by atoms with van der Waals surface area (Å²) in [6, 6.07) is 0. The molecule has 0 fully saturated rings. The van der Waals surface area contributed by atoms with Gasteiger partial charge in [-0.25, -0.2) is 0 Å². The molecular weight excluding hydrogens is 829 g/mol. The molecule has 0 bridgehead atoms. The Morgan fingerprint density at radius 1 is 0.299 bits per heavy atom. The summed E-state index contributed by atoms with van der Waals surface area (Å²) in [7, 11) is 0. The summed E-state index contributed by atoms with van der Waals surface area (Å²) in [5, 5.41) is 0. The van der Waals surface area contributed by atoms with Crippen LogP contribution in [0.5, 0.6) is 0 Å². The molecule has 0 rings (SSSR count). The summed E-state index contributed by atoms with van der Waals surface area (Å²) in [5.41, 5.74) is 0. The first-order chi connectivity index (χ1) is 33.0. The zero-order valence-corrected chi connectivity index (χ0v) is 45.2. The topological polar surface area (TPSA) is 78.9 Å². The van der Waals surface area contributed by atoms with Gasteiger partial charge in [0.25, 0.3) is 0 Å². The highest BCUT2D eigenvalue weighted by molar-refractivity contribution is 5.71. The van der Waals surface area contributed by atoms with Gasteiger partial charge in [0.15, 0.2) is 6.10 Å². The minimum absolute atomic E-state index is 0.0688. The maximum Gasteiger partial charge on any atom is 0.306 e. The number of ether oxygens (including phenoxy) is 3. The Morgan fingerprint density at radius 2 is 0.537 bits per heavy atom. The molecule has 0 N–H and O–H groups in total. The van der Waals surface area contributed by atoms with Crippen LogP contribution in [0.3, 0.4) is 0 Å². The number of hydrogen-bond donors (Lipinski definition) is 0. The van der Waals surface area contributed by atoms with Crippen LogP contribution >= 0.6 is 0 Å². The number of hydrogen-bond acceptors (Lipinski definition) is 6. The lowest BCUT2D eigenvalue weighted by molar-refractivity contribution is -0.167. The molecule has 6 nitrogen and oxygen atoms in total. The van der Waals surface area contributed by atoms with E-state index in [4.69, 9.17) is 14.2 Å². The fourth-order valence-electron chi connectivity index (χ4n) is 8.95. The average Bonchev–Trinajstić information content (AvgIpc) is 3.33. The van der Waals surface area contributed by atoms with E-state index in [1.807, 2.05) is 0 Å². The van der Waals surface area contributed by atoms with Gasteiger partial charge in [-0.05, 0) is 51.4 Å². The van der Waals surface area contributed by atoms with E-state index in [0.29, 0.717) is 19.3 Å². The standard InChI is InChI=1S/C61H114O6/c1-4-7-10-13-16-19-22-25-28-30-32-33-36-39-42-45-48-51-54-60(63)66-57-58(56-65-59(62)53-50-47-44-41-38-35-27-24-21-18-15-12-9-6-3)67-61(64)55-52-49-46-43-40-37-34-31-29-26-23-20-17-14-11-8-5-2/h17,20,26,29,58H,4-16,18-19,21-25,27-28,30-57H2,1-3H3/b20-17-,29-26-. The van der Waals surface area contributed by atoms with E-state index in [0.717, 1.165) is 70.6 Å². The second-order valence-electron chi connectivity index (χ2n) is 20.3. The van der Waals surface area contributed by atoms with Gasteiger partial charge in [-0.2, -0.15) is 0 Å². The van der Waals surface area contributed by atoms with Gasteiger partial charge >= 0.3 is 17.9 Å². The first-order valence-electron chi connectivity index (χ1n) is 29.8. The van der Waals surface area contributed by atoms with E-state index in [9.17, 15) is 14.4 Å². The minimum atomic E-state index is -0.770. The van der Waals surface area contributed by atoms with Crippen LogP contribution in [0.4, 0.5) is 0 Å². The van der Waals surface area contributed by atoms with Gasteiger partial charge < -0.3 is 14.2 Å². The van der Waals surface area contributed by atoms with E-state index in [-0.39, 0.29) is 31.1 Å². The molecule has 394 valence electrons. The predicted octanol–water partition coefficient (Wildman–Crippen LogP) is 19.9. The first kappa shape index (κ1) is 64.9. The summed E-state index contributed by atoms with van der Waals surface area (Å²) in [5.74, 6) is -0.853. The number of esters is 3. The van der Waals surface area contributed by atoms with Gasteiger partial charge in [-0.1, -0.05) is 283 Å². The summed E-state index contributed by atoms with van der Waals surface area (Å²) in [6.45, 7) is 6.67. The van der Waals surface area contributed by atoms with Gasteiger partial charge in [0.1, 0.15) is 13.2 Å². The number of unbranched alkanes of at least 4 members (excludes halogenated alkanes) is 40. The zero-order chi connectivity index (χ0) is 48.6. The molecule has 0 aliphatic heterocycles. The summed E-state index contributed by atoms with van der Waals surface area (Å²) in [4.78, 5) is 38.2. The van der Waals surface area contributed by atoms with Crippen molar-refractivity contribution in [2.75, 3.05) is 13.2 Å². The van der Waals surface area contributed by atoms with Gasteiger partial charge in [-0.15, -0.1) is 0 Å². The Balaban J connectivity index is 4.32. The van der Waals surface area contributed by atoms with Crippen molar-refractivity contribution in [1.29, 1.82) is 0 Å².